The van der Waals surface area contributed by atoms with Crippen LogP contribution in [-0.2, 0) is 0 Å². The smallest absolute Gasteiger partial charge is 0.165 e. The fraction of sp³-hybridized carbons (Fsp3) is 0.647. The molecule has 1 unspecified atom stereocenters. The highest BCUT2D eigenvalue weighted by atomic mass is 19.1. The van der Waals surface area contributed by atoms with E-state index in [1.165, 1.54) is 12.8 Å². The highest BCUT2D eigenvalue weighted by Crippen LogP contribution is 2.22. The summed E-state index contributed by atoms with van der Waals surface area (Å²) in [6.45, 7) is 8.85. The summed E-state index contributed by atoms with van der Waals surface area (Å²) < 4.78 is 19.6. The van der Waals surface area contributed by atoms with E-state index in [2.05, 4.69) is 24.1 Å². The molecule has 2 rings (SSSR count). The van der Waals surface area contributed by atoms with Crippen molar-refractivity contribution in [2.45, 2.75) is 39.2 Å². The molecule has 1 fully saturated rings. The molecule has 0 aromatic heterocycles. The van der Waals surface area contributed by atoms with Crippen molar-refractivity contribution in [1.29, 1.82) is 0 Å². The maximum Gasteiger partial charge on any atom is 0.165 e. The van der Waals surface area contributed by atoms with Gasteiger partial charge in [0.05, 0.1) is 0 Å². The van der Waals surface area contributed by atoms with E-state index < -0.39 is 0 Å². The molecule has 0 spiro atoms. The minimum atomic E-state index is -0.265. The van der Waals surface area contributed by atoms with E-state index in [0.717, 1.165) is 38.2 Å². The first-order valence-corrected chi connectivity index (χ1v) is 8.08. The number of nitrogens with one attached hydrogen (secondary N) is 1. The van der Waals surface area contributed by atoms with Gasteiger partial charge in [-0.15, -0.1) is 0 Å². The highest BCUT2D eigenvalue weighted by molar-refractivity contribution is 5.30. The maximum absolute atomic E-state index is 14.1. The van der Waals surface area contributed by atoms with E-state index in [1.807, 2.05) is 6.07 Å². The Balaban J connectivity index is 1.83. The van der Waals surface area contributed by atoms with Crippen molar-refractivity contribution in [1.82, 2.24) is 10.2 Å². The molecule has 21 heavy (non-hydrogen) atoms. The van der Waals surface area contributed by atoms with Gasteiger partial charge in [-0.1, -0.05) is 13.0 Å². The van der Waals surface area contributed by atoms with Gasteiger partial charge in [-0.25, -0.2) is 4.39 Å². The van der Waals surface area contributed by atoms with E-state index in [4.69, 9.17) is 4.74 Å². The minimum Gasteiger partial charge on any atom is -0.489 e. The molecule has 1 heterocycles. The Labute approximate surface area is 127 Å². The van der Waals surface area contributed by atoms with Crippen LogP contribution in [0.3, 0.4) is 0 Å². The van der Waals surface area contributed by atoms with Crippen LogP contribution >= 0.6 is 0 Å². The normalized spacial score (nSPS) is 17.1. The van der Waals surface area contributed by atoms with Gasteiger partial charge >= 0.3 is 0 Å². The first kappa shape index (κ1) is 16.2. The molecule has 0 aliphatic carbocycles. The first-order valence-electron chi connectivity index (χ1n) is 8.08. The molecule has 118 valence electrons. The fourth-order valence-corrected chi connectivity index (χ4v) is 2.67. The van der Waals surface area contributed by atoms with Crippen molar-refractivity contribution < 1.29 is 9.13 Å². The summed E-state index contributed by atoms with van der Waals surface area (Å²) in [5, 5.41) is 3.36. The predicted octanol–water partition coefficient (Wildman–Crippen LogP) is 3.36. The average molecular weight is 294 g/mol. The van der Waals surface area contributed by atoms with Gasteiger partial charge in [0.2, 0.25) is 0 Å². The van der Waals surface area contributed by atoms with E-state index in [0.29, 0.717) is 12.4 Å². The van der Waals surface area contributed by atoms with Crippen LogP contribution in [-0.4, -0.2) is 37.7 Å². The van der Waals surface area contributed by atoms with Crippen molar-refractivity contribution in [3.8, 4) is 5.75 Å². The van der Waals surface area contributed by atoms with Crippen LogP contribution in [0.25, 0.3) is 0 Å². The Morgan fingerprint density at radius 1 is 1.33 bits per heavy atom. The zero-order chi connectivity index (χ0) is 15.1. The lowest BCUT2D eigenvalue weighted by molar-refractivity contribution is 0.231. The zero-order valence-electron chi connectivity index (χ0n) is 13.2. The Kier molecular flexibility index (Phi) is 6.46. The molecule has 1 aromatic carbocycles. The number of benzene rings is 1. The molecular weight excluding hydrogens is 267 g/mol. The molecule has 1 saturated heterocycles. The Morgan fingerprint density at radius 3 is 2.76 bits per heavy atom. The van der Waals surface area contributed by atoms with Crippen molar-refractivity contribution in [3.63, 3.8) is 0 Å². The summed E-state index contributed by atoms with van der Waals surface area (Å²) in [7, 11) is 0. The maximum atomic E-state index is 14.1. The second-order valence-electron chi connectivity index (χ2n) is 5.76. The average Bonchev–Trinajstić information content (AvgIpc) is 2.99. The summed E-state index contributed by atoms with van der Waals surface area (Å²) in [6.07, 6.45) is 3.61. The minimum absolute atomic E-state index is 0.165. The van der Waals surface area contributed by atoms with Gasteiger partial charge in [0, 0.05) is 12.6 Å². The number of nitrogens with zero attached hydrogens (tertiary/aromatic N) is 1. The molecule has 1 N–H and O–H groups in total. The van der Waals surface area contributed by atoms with Gasteiger partial charge in [0.25, 0.3) is 0 Å². The Bertz CT molecular complexity index is 433. The van der Waals surface area contributed by atoms with Crippen LogP contribution < -0.4 is 10.1 Å². The van der Waals surface area contributed by atoms with Crippen molar-refractivity contribution in [2.75, 3.05) is 32.8 Å². The standard InChI is InChI=1S/C17H27FN2O/c1-3-8-19-14(2)15-6-7-17(16(18)13-15)21-12-11-20-9-4-5-10-20/h6-7,13-14,19H,3-5,8-12H2,1-2H3. The molecule has 3 nitrogen and oxygen atoms in total. The van der Waals surface area contributed by atoms with Gasteiger partial charge in [-0.2, -0.15) is 0 Å². The predicted molar refractivity (Wildman–Crippen MR) is 84.3 cm³/mol. The van der Waals surface area contributed by atoms with E-state index >= 15 is 0 Å². The lowest BCUT2D eigenvalue weighted by Gasteiger charge is -2.17. The van der Waals surface area contributed by atoms with Crippen LogP contribution in [0.5, 0.6) is 5.75 Å². The number of rotatable bonds is 8. The second kappa shape index (κ2) is 8.35. The second-order valence-corrected chi connectivity index (χ2v) is 5.76. The summed E-state index contributed by atoms with van der Waals surface area (Å²) >= 11 is 0. The largest absolute Gasteiger partial charge is 0.489 e. The van der Waals surface area contributed by atoms with Crippen LogP contribution in [0.1, 0.15) is 44.7 Å². The molecule has 4 heteroatoms. The van der Waals surface area contributed by atoms with Crippen LogP contribution in [0.4, 0.5) is 4.39 Å². The third-order valence-corrected chi connectivity index (χ3v) is 4.02. The number of hydrogen-bond donors (Lipinski definition) is 1. The van der Waals surface area contributed by atoms with Gasteiger partial charge in [0.1, 0.15) is 6.61 Å². The molecule has 0 radical (unpaired) electrons. The van der Waals surface area contributed by atoms with Crippen LogP contribution in [0.15, 0.2) is 18.2 Å². The third-order valence-electron chi connectivity index (χ3n) is 4.02. The molecular formula is C17H27FN2O. The lowest BCUT2D eigenvalue weighted by Crippen LogP contribution is -2.25. The SMILES string of the molecule is CCCNC(C)c1ccc(OCCN2CCCC2)c(F)c1. The highest BCUT2D eigenvalue weighted by Gasteiger charge is 2.12. The van der Waals surface area contributed by atoms with Gasteiger partial charge in [-0.05, 0) is 63.5 Å². The molecule has 1 atom stereocenters. The molecule has 0 amide bonds. The quantitative estimate of drug-likeness (QED) is 0.795. The number of hydrogen-bond acceptors (Lipinski definition) is 3. The van der Waals surface area contributed by atoms with Crippen molar-refractivity contribution >= 4 is 0 Å². The van der Waals surface area contributed by atoms with Crippen LogP contribution in [0.2, 0.25) is 0 Å². The molecule has 0 saturated carbocycles. The summed E-state index contributed by atoms with van der Waals surface area (Å²) in [5.41, 5.74) is 0.966. The number of halogens is 1. The Morgan fingerprint density at radius 2 is 2.10 bits per heavy atom. The topological polar surface area (TPSA) is 24.5 Å². The number of likely N-dealkylation sites (tertiary alicyclic amines) is 1. The van der Waals surface area contributed by atoms with Gasteiger partial charge < -0.3 is 10.1 Å². The van der Waals surface area contributed by atoms with Crippen molar-refractivity contribution in [2.24, 2.45) is 0 Å². The fourth-order valence-electron chi connectivity index (χ4n) is 2.67. The van der Waals surface area contributed by atoms with Crippen molar-refractivity contribution in [3.05, 3.63) is 29.6 Å². The summed E-state index contributed by atoms with van der Waals surface area (Å²) in [6, 6.07) is 5.44. The number of ether oxygens (including phenoxy) is 1. The molecule has 1 aromatic rings. The molecule has 1 aliphatic heterocycles. The third kappa shape index (κ3) is 4.97. The monoisotopic (exact) mass is 294 g/mol. The van der Waals surface area contributed by atoms with E-state index in [1.54, 1.807) is 12.1 Å². The Hall–Kier alpha value is -1.13. The van der Waals surface area contributed by atoms with Crippen LogP contribution in [0, 0.1) is 5.82 Å². The zero-order valence-corrected chi connectivity index (χ0v) is 13.2. The molecule has 1 aliphatic rings. The molecule has 0 bridgehead atoms. The summed E-state index contributed by atoms with van der Waals surface area (Å²) in [5.74, 6) is 0.0970. The van der Waals surface area contributed by atoms with Gasteiger partial charge in [0.15, 0.2) is 11.6 Å². The van der Waals surface area contributed by atoms with Gasteiger partial charge in [-0.3, -0.25) is 4.90 Å². The summed E-state index contributed by atoms with van der Waals surface area (Å²) in [4.78, 5) is 2.36. The first-order chi connectivity index (χ1) is 10.2. The lowest BCUT2D eigenvalue weighted by atomic mass is 10.1. The van der Waals surface area contributed by atoms with E-state index in [9.17, 15) is 4.39 Å². The van der Waals surface area contributed by atoms with E-state index in [-0.39, 0.29) is 11.9 Å².